The molecular weight excluding hydrogens is 500 g/mol. The maximum absolute atomic E-state index is 10.9. The first-order valence-electron chi connectivity index (χ1n) is 11.7. The fraction of sp³-hybridized carbons (Fsp3) is 0.103. The number of benzene rings is 3. The maximum Gasteiger partial charge on any atom is 0.269 e. The average molecular weight is 525 g/mol. The second kappa shape index (κ2) is 10.7. The summed E-state index contributed by atoms with van der Waals surface area (Å²) in [6.07, 6.45) is 5.65. The molecule has 0 saturated heterocycles. The van der Waals surface area contributed by atoms with Crippen LogP contribution in [-0.4, -0.2) is 33.7 Å². The Kier molecular flexibility index (Phi) is 7.01. The topological polar surface area (TPSA) is 92.3 Å². The molecule has 38 heavy (non-hydrogen) atoms. The van der Waals surface area contributed by atoms with Gasteiger partial charge in [0.25, 0.3) is 5.69 Å². The minimum absolute atomic E-state index is 0.0670. The summed E-state index contributed by atoms with van der Waals surface area (Å²) in [5, 5.41) is 11.7. The average Bonchev–Trinajstić information content (AvgIpc) is 3.56. The first-order valence-corrected chi connectivity index (χ1v) is 12.5. The number of non-ortho nitro benzene ring substituents is 1. The second-order valence-corrected chi connectivity index (χ2v) is 9.46. The van der Waals surface area contributed by atoms with Crippen molar-refractivity contribution in [2.75, 3.05) is 14.2 Å². The van der Waals surface area contributed by atoms with Gasteiger partial charge in [0.1, 0.15) is 11.5 Å². The van der Waals surface area contributed by atoms with Crippen molar-refractivity contribution in [3.05, 3.63) is 99.5 Å². The van der Waals surface area contributed by atoms with Crippen LogP contribution in [0.3, 0.4) is 0 Å². The van der Waals surface area contributed by atoms with Gasteiger partial charge in [-0.2, -0.15) is 0 Å². The highest BCUT2D eigenvalue weighted by Gasteiger charge is 2.21. The lowest BCUT2D eigenvalue weighted by molar-refractivity contribution is -0.384. The maximum atomic E-state index is 10.9. The van der Waals surface area contributed by atoms with Gasteiger partial charge in [-0.3, -0.25) is 10.1 Å². The fourth-order valence-electron chi connectivity index (χ4n) is 4.07. The number of nitro benzene ring substituents is 1. The van der Waals surface area contributed by atoms with Crippen LogP contribution in [0.2, 0.25) is 0 Å². The number of ether oxygens (including phenoxy) is 2. The van der Waals surface area contributed by atoms with Crippen molar-refractivity contribution >= 4 is 29.2 Å². The van der Waals surface area contributed by atoms with Gasteiger partial charge in [0, 0.05) is 41.4 Å². The Hall–Kier alpha value is -4.76. The lowest BCUT2D eigenvalue weighted by atomic mass is 10.0. The van der Waals surface area contributed by atoms with E-state index in [2.05, 4.69) is 9.55 Å². The number of nitrogens with zero attached hydrogens (tertiary/aromatic N) is 4. The van der Waals surface area contributed by atoms with Crippen LogP contribution in [0.1, 0.15) is 10.4 Å². The molecule has 2 aromatic heterocycles. The largest absolute Gasteiger partial charge is 0.497 e. The van der Waals surface area contributed by atoms with E-state index < -0.39 is 4.92 Å². The van der Waals surface area contributed by atoms with E-state index in [4.69, 9.17) is 14.5 Å². The van der Waals surface area contributed by atoms with E-state index in [1.54, 1.807) is 32.5 Å². The van der Waals surface area contributed by atoms with E-state index in [1.807, 2.05) is 67.7 Å². The zero-order valence-corrected chi connectivity index (χ0v) is 21.8. The monoisotopic (exact) mass is 524 g/mol. The Morgan fingerprint density at radius 3 is 2.05 bits per heavy atom. The van der Waals surface area contributed by atoms with Gasteiger partial charge in [0.15, 0.2) is 10.8 Å². The van der Waals surface area contributed by atoms with Gasteiger partial charge in [-0.15, -0.1) is 11.3 Å². The first-order chi connectivity index (χ1) is 18.5. The Balaban J connectivity index is 1.51. The van der Waals surface area contributed by atoms with Gasteiger partial charge in [-0.05, 0) is 72.3 Å². The third-order valence-electron chi connectivity index (χ3n) is 6.08. The van der Waals surface area contributed by atoms with Crippen molar-refractivity contribution in [3.63, 3.8) is 0 Å². The summed E-state index contributed by atoms with van der Waals surface area (Å²) >= 11 is 1.52. The first kappa shape index (κ1) is 24.9. The van der Waals surface area contributed by atoms with E-state index in [1.165, 1.54) is 23.5 Å². The number of hydrogen-bond donors (Lipinski definition) is 0. The number of hydrogen-bond acceptors (Lipinski definition) is 7. The molecule has 5 aromatic rings. The van der Waals surface area contributed by atoms with E-state index in [9.17, 15) is 10.1 Å². The molecule has 2 heterocycles. The summed E-state index contributed by atoms with van der Waals surface area (Å²) in [5.74, 6) is 2.31. The number of thiazole rings is 1. The summed E-state index contributed by atoms with van der Waals surface area (Å²) in [6, 6.07) is 22.2. The molecule has 0 spiro atoms. The highest BCUT2D eigenvalue weighted by Crippen LogP contribution is 2.37. The molecule has 190 valence electrons. The predicted octanol–water partition coefficient (Wildman–Crippen LogP) is 6.97. The molecule has 0 unspecified atom stereocenters. The molecule has 0 N–H and O–H groups in total. The third kappa shape index (κ3) is 5.05. The third-order valence-corrected chi connectivity index (χ3v) is 7.04. The summed E-state index contributed by atoms with van der Waals surface area (Å²) in [7, 11) is 5.28. The van der Waals surface area contributed by atoms with Crippen molar-refractivity contribution in [2.45, 2.75) is 0 Å². The molecule has 0 radical (unpaired) electrons. The minimum Gasteiger partial charge on any atom is -0.497 e. The standard InChI is InChI=1S/C29H24N4O4S/c1-32-27(21-9-15-24(37-3)16-10-21)26(20-7-13-23(36-2)14-8-20)31-28(32)29-30-18-25(38-29)17-6-19-4-11-22(12-5-19)33(34)35/h4-18H,1-3H3/b17-6+. The van der Waals surface area contributed by atoms with Crippen LogP contribution in [-0.2, 0) is 7.05 Å². The van der Waals surface area contributed by atoms with Crippen molar-refractivity contribution < 1.29 is 14.4 Å². The molecule has 0 fully saturated rings. The number of methoxy groups -OCH3 is 2. The minimum atomic E-state index is -0.407. The van der Waals surface area contributed by atoms with Gasteiger partial charge in [0.05, 0.1) is 30.5 Å². The van der Waals surface area contributed by atoms with Crippen molar-refractivity contribution in [2.24, 2.45) is 7.05 Å². The number of aromatic nitrogens is 3. The van der Waals surface area contributed by atoms with Crippen LogP contribution in [0.5, 0.6) is 11.5 Å². The smallest absolute Gasteiger partial charge is 0.269 e. The summed E-state index contributed by atoms with van der Waals surface area (Å²) in [5.41, 5.74) is 4.71. The quantitative estimate of drug-likeness (QED) is 0.161. The predicted molar refractivity (Wildman–Crippen MR) is 150 cm³/mol. The SMILES string of the molecule is COc1ccc(-c2nc(-c3ncc(/C=C/c4ccc([N+](=O)[O-])cc4)s3)n(C)c2-c2ccc(OC)cc2)cc1. The lowest BCUT2D eigenvalue weighted by Crippen LogP contribution is -1.95. The van der Waals surface area contributed by atoms with Gasteiger partial charge < -0.3 is 14.0 Å². The van der Waals surface area contributed by atoms with Gasteiger partial charge in [0.2, 0.25) is 0 Å². The zero-order chi connectivity index (χ0) is 26.6. The van der Waals surface area contributed by atoms with Gasteiger partial charge >= 0.3 is 0 Å². The summed E-state index contributed by atoms with van der Waals surface area (Å²) in [4.78, 5) is 21.1. The molecule has 0 bridgehead atoms. The molecule has 8 nitrogen and oxygen atoms in total. The molecular formula is C29H24N4O4S. The molecule has 9 heteroatoms. The van der Waals surface area contributed by atoms with E-state index in [0.29, 0.717) is 0 Å². The van der Waals surface area contributed by atoms with Gasteiger partial charge in [-0.25, -0.2) is 9.97 Å². The number of rotatable bonds is 8. The Labute approximate surface area is 223 Å². The molecule has 3 aromatic carbocycles. The molecule has 0 amide bonds. The zero-order valence-electron chi connectivity index (χ0n) is 21.0. The molecule has 0 aliphatic heterocycles. The van der Waals surface area contributed by atoms with Crippen LogP contribution in [0.15, 0.2) is 79.0 Å². The van der Waals surface area contributed by atoms with Crippen molar-refractivity contribution in [3.8, 4) is 44.8 Å². The lowest BCUT2D eigenvalue weighted by Gasteiger charge is -2.09. The van der Waals surface area contributed by atoms with Crippen molar-refractivity contribution in [1.82, 2.24) is 14.5 Å². The van der Waals surface area contributed by atoms with Crippen LogP contribution in [0.4, 0.5) is 5.69 Å². The molecule has 0 aliphatic carbocycles. The Bertz CT molecular complexity index is 1600. The van der Waals surface area contributed by atoms with E-state index in [-0.39, 0.29) is 5.69 Å². The highest BCUT2D eigenvalue weighted by molar-refractivity contribution is 7.15. The molecule has 0 aliphatic rings. The highest BCUT2D eigenvalue weighted by atomic mass is 32.1. The number of nitro groups is 1. The van der Waals surface area contributed by atoms with E-state index >= 15 is 0 Å². The molecule has 0 saturated carbocycles. The van der Waals surface area contributed by atoms with Crippen LogP contribution < -0.4 is 9.47 Å². The Morgan fingerprint density at radius 1 is 0.868 bits per heavy atom. The van der Waals surface area contributed by atoms with Gasteiger partial charge in [-0.1, -0.05) is 6.08 Å². The summed E-state index contributed by atoms with van der Waals surface area (Å²) < 4.78 is 12.7. The summed E-state index contributed by atoms with van der Waals surface area (Å²) in [6.45, 7) is 0. The Morgan fingerprint density at radius 2 is 1.47 bits per heavy atom. The van der Waals surface area contributed by atoms with Crippen molar-refractivity contribution in [1.29, 1.82) is 0 Å². The fourth-order valence-corrected chi connectivity index (χ4v) is 4.92. The number of imidazole rings is 1. The van der Waals surface area contributed by atoms with Crippen LogP contribution in [0.25, 0.3) is 45.5 Å². The van der Waals surface area contributed by atoms with Crippen LogP contribution >= 0.6 is 11.3 Å². The molecule has 5 rings (SSSR count). The second-order valence-electron chi connectivity index (χ2n) is 8.40. The molecule has 0 atom stereocenters. The van der Waals surface area contributed by atoms with E-state index in [0.717, 1.165) is 55.3 Å². The normalized spacial score (nSPS) is 11.1. The van der Waals surface area contributed by atoms with Crippen LogP contribution in [0, 0.1) is 10.1 Å².